The Labute approximate surface area is 215 Å². The number of carboxylic acids is 1. The normalized spacial score (nSPS) is 18.7. The zero-order valence-electron chi connectivity index (χ0n) is 20.2. The number of nitrogens with zero attached hydrogens (tertiary/aromatic N) is 3. The molecule has 0 radical (unpaired) electrons. The van der Waals surface area contributed by atoms with Crippen molar-refractivity contribution in [3.63, 3.8) is 0 Å². The largest absolute Gasteiger partial charge is 0.482 e. The molecular weight excluding hydrogens is 499 g/mol. The second-order valence-electron chi connectivity index (χ2n) is 9.37. The fourth-order valence-electron chi connectivity index (χ4n) is 4.67. The molecule has 1 aromatic carbocycles. The first kappa shape index (κ1) is 25.1. The van der Waals surface area contributed by atoms with Gasteiger partial charge in [-0.1, -0.05) is 6.07 Å². The van der Waals surface area contributed by atoms with Gasteiger partial charge in [-0.3, -0.25) is 19.2 Å². The van der Waals surface area contributed by atoms with Gasteiger partial charge < -0.3 is 25.8 Å². The van der Waals surface area contributed by atoms with E-state index in [2.05, 4.69) is 26.0 Å². The van der Waals surface area contributed by atoms with E-state index in [1.807, 2.05) is 0 Å². The van der Waals surface area contributed by atoms with Crippen molar-refractivity contribution in [2.75, 3.05) is 18.5 Å². The van der Waals surface area contributed by atoms with Gasteiger partial charge >= 0.3 is 5.97 Å². The Morgan fingerprint density at radius 2 is 1.92 bits per heavy atom. The van der Waals surface area contributed by atoms with Crippen LogP contribution in [0.25, 0.3) is 5.65 Å². The molecule has 1 fully saturated rings. The van der Waals surface area contributed by atoms with Crippen LogP contribution < -0.4 is 20.7 Å². The molecule has 3 aromatic rings. The Morgan fingerprint density at radius 3 is 2.68 bits per heavy atom. The third-order valence-corrected chi connectivity index (χ3v) is 6.77. The molecule has 1 saturated carbocycles. The Hall–Kier alpha value is -4.55. The molecular formula is C25H25FN6O6. The van der Waals surface area contributed by atoms with Crippen molar-refractivity contribution in [1.82, 2.24) is 25.2 Å². The van der Waals surface area contributed by atoms with Crippen LogP contribution in [0.4, 0.5) is 10.1 Å². The van der Waals surface area contributed by atoms with Crippen LogP contribution in [-0.4, -0.2) is 56.5 Å². The number of aromatic nitrogens is 3. The van der Waals surface area contributed by atoms with Gasteiger partial charge in [-0.25, -0.2) is 13.9 Å². The molecule has 2 aromatic heterocycles. The highest BCUT2D eigenvalue weighted by atomic mass is 19.1. The van der Waals surface area contributed by atoms with E-state index in [-0.39, 0.29) is 47.9 Å². The average Bonchev–Trinajstić information content (AvgIpc) is 3.30. The van der Waals surface area contributed by atoms with Crippen LogP contribution in [0.2, 0.25) is 0 Å². The van der Waals surface area contributed by atoms with Gasteiger partial charge in [-0.05, 0) is 49.3 Å². The van der Waals surface area contributed by atoms with E-state index in [9.17, 15) is 23.6 Å². The number of hydrogen-bond acceptors (Lipinski definition) is 7. The smallest absolute Gasteiger partial charge is 0.306 e. The minimum atomic E-state index is -0.800. The zero-order chi connectivity index (χ0) is 26.8. The molecule has 3 amide bonds. The minimum absolute atomic E-state index is 0.0584. The summed E-state index contributed by atoms with van der Waals surface area (Å²) < 4.78 is 20.7. The molecule has 0 saturated heterocycles. The van der Waals surface area contributed by atoms with Crippen LogP contribution in [0.5, 0.6) is 5.75 Å². The van der Waals surface area contributed by atoms with Crippen LogP contribution >= 0.6 is 0 Å². The number of benzene rings is 1. The lowest BCUT2D eigenvalue weighted by Gasteiger charge is -2.26. The van der Waals surface area contributed by atoms with Crippen LogP contribution in [-0.2, 0) is 16.1 Å². The summed E-state index contributed by atoms with van der Waals surface area (Å²) in [4.78, 5) is 52.7. The van der Waals surface area contributed by atoms with E-state index in [1.54, 1.807) is 18.2 Å². The molecule has 4 N–H and O–H groups in total. The number of anilines is 1. The molecule has 38 heavy (non-hydrogen) atoms. The Balaban J connectivity index is 1.27. The molecule has 3 heterocycles. The number of carbonyl (C=O) groups is 4. The Morgan fingerprint density at radius 1 is 1.13 bits per heavy atom. The molecule has 198 valence electrons. The van der Waals surface area contributed by atoms with Crippen LogP contribution in [0, 0.1) is 17.7 Å². The van der Waals surface area contributed by atoms with Gasteiger partial charge in [0.2, 0.25) is 0 Å². The fourth-order valence-corrected chi connectivity index (χ4v) is 4.67. The molecule has 1 aliphatic heterocycles. The van der Waals surface area contributed by atoms with Crippen LogP contribution in [0.1, 0.15) is 52.2 Å². The highest BCUT2D eigenvalue weighted by molar-refractivity contribution is 5.98. The van der Waals surface area contributed by atoms with Gasteiger partial charge in [-0.2, -0.15) is 5.10 Å². The van der Waals surface area contributed by atoms with E-state index >= 15 is 0 Å². The molecule has 13 heteroatoms. The van der Waals surface area contributed by atoms with E-state index in [0.29, 0.717) is 49.2 Å². The summed E-state index contributed by atoms with van der Waals surface area (Å²) in [7, 11) is 0. The summed E-state index contributed by atoms with van der Waals surface area (Å²) in [5.74, 6) is -2.77. The third kappa shape index (κ3) is 5.26. The number of hydrogen-bond donors (Lipinski definition) is 4. The van der Waals surface area contributed by atoms with E-state index < -0.39 is 23.6 Å². The van der Waals surface area contributed by atoms with Crippen molar-refractivity contribution in [1.29, 1.82) is 0 Å². The number of rotatable bonds is 7. The SMILES string of the molecule is O=C1COc2ccc(CNC(=O)c3cc(C(=O)NCC4CCC(C(=O)O)CC4)n4ncc(F)c4n3)cc2N1. The molecule has 0 bridgehead atoms. The van der Waals surface area contributed by atoms with E-state index in [1.165, 1.54) is 6.07 Å². The first-order valence-electron chi connectivity index (χ1n) is 12.2. The summed E-state index contributed by atoms with van der Waals surface area (Å²) in [6, 6.07) is 6.32. The highest BCUT2D eigenvalue weighted by Gasteiger charge is 2.27. The van der Waals surface area contributed by atoms with Crippen molar-refractivity contribution < 1.29 is 33.4 Å². The number of carboxylic acid groups (broad SMARTS) is 1. The third-order valence-electron chi connectivity index (χ3n) is 6.77. The Kier molecular flexibility index (Phi) is 6.90. The number of fused-ring (bicyclic) bond motifs is 2. The quantitative estimate of drug-likeness (QED) is 0.363. The predicted molar refractivity (Wildman–Crippen MR) is 130 cm³/mol. The monoisotopic (exact) mass is 524 g/mol. The lowest BCUT2D eigenvalue weighted by Crippen LogP contribution is -2.34. The van der Waals surface area contributed by atoms with Gasteiger partial charge in [0.05, 0.1) is 17.8 Å². The molecule has 1 aliphatic carbocycles. The van der Waals surface area contributed by atoms with Crippen molar-refractivity contribution >= 4 is 35.0 Å². The molecule has 0 unspecified atom stereocenters. The summed E-state index contributed by atoms with van der Waals surface area (Å²) in [5, 5.41) is 21.2. The van der Waals surface area contributed by atoms with E-state index in [4.69, 9.17) is 9.84 Å². The lowest BCUT2D eigenvalue weighted by atomic mass is 9.82. The number of halogens is 1. The molecule has 0 spiro atoms. The van der Waals surface area contributed by atoms with Gasteiger partial charge in [-0.15, -0.1) is 0 Å². The number of nitrogens with one attached hydrogen (secondary N) is 3. The summed E-state index contributed by atoms with van der Waals surface area (Å²) in [6.07, 6.45) is 3.36. The number of aliphatic carboxylic acids is 1. The molecule has 0 atom stereocenters. The molecule has 12 nitrogen and oxygen atoms in total. The van der Waals surface area contributed by atoms with Crippen LogP contribution in [0.15, 0.2) is 30.5 Å². The second kappa shape index (κ2) is 10.4. The summed E-state index contributed by atoms with van der Waals surface area (Å²) in [6.45, 7) is 0.333. The summed E-state index contributed by atoms with van der Waals surface area (Å²) in [5.41, 5.74) is 0.674. The fraction of sp³-hybridized carbons (Fsp3) is 0.360. The molecule has 2 aliphatic rings. The van der Waals surface area contributed by atoms with Crippen molar-refractivity contribution in [2.24, 2.45) is 11.8 Å². The van der Waals surface area contributed by atoms with Gasteiger partial charge in [0, 0.05) is 19.2 Å². The van der Waals surface area contributed by atoms with Crippen LogP contribution in [0.3, 0.4) is 0 Å². The van der Waals surface area contributed by atoms with E-state index in [0.717, 1.165) is 10.7 Å². The maximum absolute atomic E-state index is 14.4. The maximum atomic E-state index is 14.4. The average molecular weight is 525 g/mol. The first-order valence-corrected chi connectivity index (χ1v) is 12.2. The second-order valence-corrected chi connectivity index (χ2v) is 9.37. The topological polar surface area (TPSA) is 164 Å². The van der Waals surface area contributed by atoms with Crippen molar-refractivity contribution in [2.45, 2.75) is 32.2 Å². The van der Waals surface area contributed by atoms with Gasteiger partial charge in [0.25, 0.3) is 17.7 Å². The minimum Gasteiger partial charge on any atom is -0.482 e. The maximum Gasteiger partial charge on any atom is 0.306 e. The Bertz CT molecular complexity index is 1430. The zero-order valence-corrected chi connectivity index (χ0v) is 20.2. The lowest BCUT2D eigenvalue weighted by molar-refractivity contribution is -0.143. The molecule has 5 rings (SSSR count). The number of carbonyl (C=O) groups excluding carboxylic acids is 3. The highest BCUT2D eigenvalue weighted by Crippen LogP contribution is 2.29. The van der Waals surface area contributed by atoms with Gasteiger partial charge in [0.1, 0.15) is 17.1 Å². The summed E-state index contributed by atoms with van der Waals surface area (Å²) >= 11 is 0. The predicted octanol–water partition coefficient (Wildman–Crippen LogP) is 1.75. The van der Waals surface area contributed by atoms with Crippen molar-refractivity contribution in [3.05, 3.63) is 53.2 Å². The standard InChI is InChI=1S/C25H25FN6O6/c26-16-11-29-32-19(24(35)28-9-13-1-4-15(5-2-13)25(36)37)8-18(31-22(16)32)23(34)27-10-14-3-6-20-17(7-14)30-21(33)12-38-20/h3,6-8,11,13,15H,1-2,4-5,9-10,12H2,(H,27,34)(H,28,35)(H,30,33)(H,36,37). The van der Waals surface area contributed by atoms with Gasteiger partial charge in [0.15, 0.2) is 18.1 Å². The number of amides is 3. The van der Waals surface area contributed by atoms with Crippen molar-refractivity contribution in [3.8, 4) is 5.75 Å². The number of ether oxygens (including phenoxy) is 1. The first-order chi connectivity index (χ1) is 18.3.